The highest BCUT2D eigenvalue weighted by atomic mass is 32.1. The number of hydrogen-bond donors (Lipinski definition) is 1. The first-order chi connectivity index (χ1) is 9.33. The lowest BCUT2D eigenvalue weighted by atomic mass is 10.2. The summed E-state index contributed by atoms with van der Waals surface area (Å²) >= 11 is 1.95. The van der Waals surface area contributed by atoms with Gasteiger partial charge in [-0.25, -0.2) is 0 Å². The highest BCUT2D eigenvalue weighted by molar-refractivity contribution is 7.11. The first kappa shape index (κ1) is 13.6. The van der Waals surface area contributed by atoms with Crippen LogP contribution in [0, 0.1) is 5.92 Å². The number of rotatable bonds is 6. The number of piperazine rings is 1. The molecule has 0 amide bonds. The molecule has 2 heterocycles. The van der Waals surface area contributed by atoms with Gasteiger partial charge in [0.2, 0.25) is 0 Å². The lowest BCUT2D eigenvalue weighted by molar-refractivity contribution is 0.124. The summed E-state index contributed by atoms with van der Waals surface area (Å²) in [5, 5.41) is 3.22. The van der Waals surface area contributed by atoms with Crippen molar-refractivity contribution in [2.45, 2.75) is 25.9 Å². The predicted molar refractivity (Wildman–Crippen MR) is 81.5 cm³/mol. The Bertz CT molecular complexity index is 392. The van der Waals surface area contributed by atoms with E-state index in [1.54, 1.807) is 0 Å². The van der Waals surface area contributed by atoms with E-state index >= 15 is 0 Å². The summed E-state index contributed by atoms with van der Waals surface area (Å²) in [6.45, 7) is 8.53. The van der Waals surface area contributed by atoms with Crippen LogP contribution >= 0.6 is 11.3 Å². The molecular weight excluding hydrogens is 254 g/mol. The minimum absolute atomic E-state index is 1.000. The molecule has 3 nitrogen and oxygen atoms in total. The molecule has 2 fully saturated rings. The molecule has 0 radical (unpaired) electrons. The fraction of sp³-hybridized carbons (Fsp3) is 0.733. The van der Waals surface area contributed by atoms with E-state index in [9.17, 15) is 0 Å². The van der Waals surface area contributed by atoms with E-state index in [0.29, 0.717) is 0 Å². The van der Waals surface area contributed by atoms with Gasteiger partial charge in [0.1, 0.15) is 0 Å². The Balaban J connectivity index is 1.42. The first-order valence-corrected chi connectivity index (χ1v) is 8.32. The Morgan fingerprint density at radius 1 is 1.11 bits per heavy atom. The van der Waals surface area contributed by atoms with Crippen LogP contribution < -0.4 is 5.32 Å². The van der Waals surface area contributed by atoms with E-state index in [0.717, 1.165) is 19.0 Å². The van der Waals surface area contributed by atoms with Crippen molar-refractivity contribution < 1.29 is 0 Å². The topological polar surface area (TPSA) is 18.5 Å². The lowest BCUT2D eigenvalue weighted by Crippen LogP contribution is -2.46. The molecule has 0 aromatic carbocycles. The van der Waals surface area contributed by atoms with E-state index in [1.165, 1.54) is 55.3 Å². The van der Waals surface area contributed by atoms with Gasteiger partial charge in [-0.1, -0.05) is 0 Å². The maximum Gasteiger partial charge on any atom is 0.0329 e. The third-order valence-corrected chi connectivity index (χ3v) is 5.20. The molecule has 1 N–H and O–H groups in total. The number of thiophene rings is 1. The zero-order valence-electron chi connectivity index (χ0n) is 11.9. The SMILES string of the molecule is CNCc1ccc(CN2CCN(CC3CC3)CC2)s1. The maximum absolute atomic E-state index is 3.22. The van der Waals surface area contributed by atoms with Crippen molar-refractivity contribution >= 4 is 11.3 Å². The van der Waals surface area contributed by atoms with E-state index in [2.05, 4.69) is 27.2 Å². The largest absolute Gasteiger partial charge is 0.315 e. The minimum atomic E-state index is 1.000. The van der Waals surface area contributed by atoms with Crippen molar-refractivity contribution in [2.75, 3.05) is 39.8 Å². The van der Waals surface area contributed by atoms with E-state index in [1.807, 2.05) is 18.4 Å². The van der Waals surface area contributed by atoms with Crippen molar-refractivity contribution in [3.63, 3.8) is 0 Å². The Labute approximate surface area is 120 Å². The summed E-state index contributed by atoms with van der Waals surface area (Å²) in [6, 6.07) is 4.56. The fourth-order valence-corrected chi connectivity index (χ4v) is 3.87. The van der Waals surface area contributed by atoms with Crippen molar-refractivity contribution in [2.24, 2.45) is 5.92 Å². The van der Waals surface area contributed by atoms with Gasteiger partial charge in [-0.2, -0.15) is 0 Å². The van der Waals surface area contributed by atoms with Gasteiger partial charge in [-0.05, 0) is 37.9 Å². The van der Waals surface area contributed by atoms with Crippen LogP contribution in [0.5, 0.6) is 0 Å². The van der Waals surface area contributed by atoms with Gasteiger partial charge in [0.05, 0.1) is 0 Å². The minimum Gasteiger partial charge on any atom is -0.315 e. The van der Waals surface area contributed by atoms with Crippen molar-refractivity contribution in [1.29, 1.82) is 0 Å². The highest BCUT2D eigenvalue weighted by Crippen LogP contribution is 2.30. The molecule has 1 saturated heterocycles. The van der Waals surface area contributed by atoms with Gasteiger partial charge < -0.3 is 10.2 Å². The van der Waals surface area contributed by atoms with Crippen LogP contribution in [-0.2, 0) is 13.1 Å². The molecule has 3 rings (SSSR count). The van der Waals surface area contributed by atoms with Crippen LogP contribution in [0.15, 0.2) is 12.1 Å². The monoisotopic (exact) mass is 279 g/mol. The number of nitrogens with one attached hydrogen (secondary N) is 1. The standard InChI is InChI=1S/C15H25N3S/c1-16-10-14-4-5-15(19-14)12-18-8-6-17(7-9-18)11-13-2-3-13/h4-5,13,16H,2-3,6-12H2,1H3. The molecule has 106 valence electrons. The zero-order valence-corrected chi connectivity index (χ0v) is 12.7. The summed E-state index contributed by atoms with van der Waals surface area (Å²) in [5.41, 5.74) is 0. The van der Waals surface area contributed by atoms with Crippen LogP contribution in [0.1, 0.15) is 22.6 Å². The Morgan fingerprint density at radius 2 is 1.79 bits per heavy atom. The van der Waals surface area contributed by atoms with Crippen molar-refractivity contribution in [3.8, 4) is 0 Å². The van der Waals surface area contributed by atoms with Gasteiger partial charge in [-0.15, -0.1) is 11.3 Å². The number of hydrogen-bond acceptors (Lipinski definition) is 4. The van der Waals surface area contributed by atoms with Crippen LogP contribution in [0.4, 0.5) is 0 Å². The third kappa shape index (κ3) is 4.02. The third-order valence-electron chi connectivity index (χ3n) is 4.13. The summed E-state index contributed by atoms with van der Waals surface area (Å²) < 4.78 is 0. The zero-order chi connectivity index (χ0) is 13.1. The molecule has 2 aliphatic rings. The van der Waals surface area contributed by atoms with E-state index in [4.69, 9.17) is 0 Å². The molecule has 0 unspecified atom stereocenters. The molecule has 0 spiro atoms. The Morgan fingerprint density at radius 3 is 2.47 bits per heavy atom. The Hall–Kier alpha value is -0.420. The Kier molecular flexibility index (Phi) is 4.53. The second kappa shape index (κ2) is 6.35. The van der Waals surface area contributed by atoms with Crippen LogP contribution in [0.2, 0.25) is 0 Å². The van der Waals surface area contributed by atoms with Crippen molar-refractivity contribution in [3.05, 3.63) is 21.9 Å². The molecule has 1 saturated carbocycles. The molecular formula is C15H25N3S. The second-order valence-corrected chi connectivity index (χ2v) is 7.17. The van der Waals surface area contributed by atoms with Gasteiger partial charge in [0.25, 0.3) is 0 Å². The van der Waals surface area contributed by atoms with Crippen LogP contribution in [0.3, 0.4) is 0 Å². The summed E-state index contributed by atoms with van der Waals surface area (Å²) in [6.07, 6.45) is 2.95. The smallest absolute Gasteiger partial charge is 0.0329 e. The van der Waals surface area contributed by atoms with E-state index in [-0.39, 0.29) is 0 Å². The maximum atomic E-state index is 3.22. The quantitative estimate of drug-likeness (QED) is 0.859. The summed E-state index contributed by atoms with van der Waals surface area (Å²) in [4.78, 5) is 8.23. The number of nitrogens with zero attached hydrogens (tertiary/aromatic N) is 2. The molecule has 1 aliphatic heterocycles. The van der Waals surface area contributed by atoms with Gasteiger partial charge in [0, 0.05) is 55.6 Å². The van der Waals surface area contributed by atoms with Gasteiger partial charge >= 0.3 is 0 Å². The molecule has 19 heavy (non-hydrogen) atoms. The van der Waals surface area contributed by atoms with E-state index < -0.39 is 0 Å². The first-order valence-electron chi connectivity index (χ1n) is 7.50. The molecule has 0 bridgehead atoms. The van der Waals surface area contributed by atoms with Crippen LogP contribution in [-0.4, -0.2) is 49.6 Å². The molecule has 4 heteroatoms. The van der Waals surface area contributed by atoms with Gasteiger partial charge in [0.15, 0.2) is 0 Å². The fourth-order valence-electron chi connectivity index (χ4n) is 2.79. The normalized spacial score (nSPS) is 21.9. The molecule has 1 aromatic heterocycles. The molecule has 0 atom stereocenters. The molecule has 1 aromatic rings. The predicted octanol–water partition coefficient (Wildman–Crippen LogP) is 2.00. The van der Waals surface area contributed by atoms with Crippen molar-refractivity contribution in [1.82, 2.24) is 15.1 Å². The average molecular weight is 279 g/mol. The summed E-state index contributed by atoms with van der Waals surface area (Å²) in [7, 11) is 2.01. The molecule has 1 aliphatic carbocycles. The lowest BCUT2D eigenvalue weighted by Gasteiger charge is -2.34. The average Bonchev–Trinajstić information content (AvgIpc) is 3.12. The summed E-state index contributed by atoms with van der Waals surface area (Å²) in [5.74, 6) is 1.04. The van der Waals surface area contributed by atoms with Crippen LogP contribution in [0.25, 0.3) is 0 Å². The highest BCUT2D eigenvalue weighted by Gasteiger charge is 2.26. The second-order valence-electron chi connectivity index (χ2n) is 5.92. The van der Waals surface area contributed by atoms with Gasteiger partial charge in [-0.3, -0.25) is 4.90 Å².